The van der Waals surface area contributed by atoms with E-state index in [9.17, 15) is 8.42 Å². The second-order valence-electron chi connectivity index (χ2n) is 5.49. The molecule has 2 aromatic rings. The molecule has 1 aromatic carbocycles. The van der Waals surface area contributed by atoms with Gasteiger partial charge in [-0.2, -0.15) is 4.98 Å². The van der Waals surface area contributed by atoms with Crippen molar-refractivity contribution in [3.8, 4) is 0 Å². The molecular weight excluding hydrogens is 302 g/mol. The SMILES string of the molecule is CCS(=O)(=O)c1cccc(NCc2noc(CC(C)C)n2)c1. The normalized spacial score (nSPS) is 11.8. The van der Waals surface area contributed by atoms with Crippen LogP contribution in [0, 0.1) is 5.92 Å². The van der Waals surface area contributed by atoms with Crippen LogP contribution >= 0.6 is 0 Å². The highest BCUT2D eigenvalue weighted by atomic mass is 32.2. The van der Waals surface area contributed by atoms with Crippen LogP contribution in [0.1, 0.15) is 32.5 Å². The Kier molecular flexibility index (Phi) is 5.18. The molecule has 0 aliphatic carbocycles. The molecule has 0 bridgehead atoms. The Balaban J connectivity index is 2.03. The van der Waals surface area contributed by atoms with Gasteiger partial charge >= 0.3 is 0 Å². The van der Waals surface area contributed by atoms with E-state index >= 15 is 0 Å². The number of nitrogens with one attached hydrogen (secondary N) is 1. The van der Waals surface area contributed by atoms with Gasteiger partial charge in [-0.1, -0.05) is 32.0 Å². The molecule has 1 N–H and O–H groups in total. The minimum Gasteiger partial charge on any atom is -0.378 e. The van der Waals surface area contributed by atoms with Crippen LogP contribution in [0.3, 0.4) is 0 Å². The van der Waals surface area contributed by atoms with Gasteiger partial charge in [0.05, 0.1) is 17.2 Å². The topological polar surface area (TPSA) is 85.1 Å². The molecule has 0 aliphatic heterocycles. The molecule has 0 radical (unpaired) electrons. The third kappa shape index (κ3) is 4.30. The van der Waals surface area contributed by atoms with E-state index in [1.807, 2.05) is 6.07 Å². The zero-order chi connectivity index (χ0) is 16.2. The molecule has 0 unspecified atom stereocenters. The molecule has 0 atom stereocenters. The minimum atomic E-state index is -3.20. The summed E-state index contributed by atoms with van der Waals surface area (Å²) in [6.07, 6.45) is 0.747. The summed E-state index contributed by atoms with van der Waals surface area (Å²) in [5, 5.41) is 7.02. The first-order valence-electron chi connectivity index (χ1n) is 7.29. The summed E-state index contributed by atoms with van der Waals surface area (Å²) in [5.74, 6) is 1.71. The fraction of sp³-hybridized carbons (Fsp3) is 0.467. The average Bonchev–Trinajstić information content (AvgIpc) is 2.92. The molecule has 6 nitrogen and oxygen atoms in total. The summed E-state index contributed by atoms with van der Waals surface area (Å²) < 4.78 is 28.9. The van der Waals surface area contributed by atoms with Crippen LogP contribution in [0.5, 0.6) is 0 Å². The van der Waals surface area contributed by atoms with Crippen LogP contribution in [-0.2, 0) is 22.8 Å². The molecule has 0 fully saturated rings. The van der Waals surface area contributed by atoms with E-state index in [2.05, 4.69) is 29.3 Å². The minimum absolute atomic E-state index is 0.0832. The van der Waals surface area contributed by atoms with Gasteiger partial charge in [0.15, 0.2) is 15.7 Å². The summed E-state index contributed by atoms with van der Waals surface area (Å²) in [4.78, 5) is 4.61. The van der Waals surface area contributed by atoms with Crippen molar-refractivity contribution in [3.63, 3.8) is 0 Å². The van der Waals surface area contributed by atoms with Gasteiger partial charge in [0, 0.05) is 12.1 Å². The smallest absolute Gasteiger partial charge is 0.226 e. The largest absolute Gasteiger partial charge is 0.378 e. The highest BCUT2D eigenvalue weighted by molar-refractivity contribution is 7.91. The number of sulfone groups is 1. The van der Waals surface area contributed by atoms with Gasteiger partial charge in [0.2, 0.25) is 5.89 Å². The second-order valence-corrected chi connectivity index (χ2v) is 7.77. The quantitative estimate of drug-likeness (QED) is 0.843. The summed E-state index contributed by atoms with van der Waals surface area (Å²) >= 11 is 0. The van der Waals surface area contributed by atoms with E-state index in [0.29, 0.717) is 34.8 Å². The Hall–Kier alpha value is -1.89. The third-order valence-corrected chi connectivity index (χ3v) is 4.85. The lowest BCUT2D eigenvalue weighted by molar-refractivity contribution is 0.359. The van der Waals surface area contributed by atoms with E-state index in [1.54, 1.807) is 25.1 Å². The fourth-order valence-electron chi connectivity index (χ4n) is 1.94. The first-order chi connectivity index (χ1) is 10.4. The van der Waals surface area contributed by atoms with E-state index in [1.165, 1.54) is 0 Å². The molecule has 1 heterocycles. The average molecular weight is 323 g/mol. The van der Waals surface area contributed by atoms with Crippen molar-refractivity contribution < 1.29 is 12.9 Å². The van der Waals surface area contributed by atoms with Crippen LogP contribution in [-0.4, -0.2) is 24.3 Å². The van der Waals surface area contributed by atoms with Gasteiger partial charge < -0.3 is 9.84 Å². The van der Waals surface area contributed by atoms with Crippen molar-refractivity contribution in [1.29, 1.82) is 0 Å². The van der Waals surface area contributed by atoms with Crippen molar-refractivity contribution in [2.45, 2.75) is 38.6 Å². The van der Waals surface area contributed by atoms with Crippen LogP contribution < -0.4 is 5.32 Å². The number of aromatic nitrogens is 2. The van der Waals surface area contributed by atoms with Gasteiger partial charge in [-0.05, 0) is 24.1 Å². The lowest BCUT2D eigenvalue weighted by Gasteiger charge is -2.06. The van der Waals surface area contributed by atoms with Gasteiger partial charge in [0.1, 0.15) is 0 Å². The molecule has 7 heteroatoms. The number of benzene rings is 1. The maximum absolute atomic E-state index is 11.9. The Bertz CT molecular complexity index is 723. The van der Waals surface area contributed by atoms with Gasteiger partial charge in [-0.15, -0.1) is 0 Å². The molecule has 120 valence electrons. The number of hydrogen-bond acceptors (Lipinski definition) is 6. The number of anilines is 1. The van der Waals surface area contributed by atoms with Crippen LogP contribution in [0.25, 0.3) is 0 Å². The van der Waals surface area contributed by atoms with E-state index in [-0.39, 0.29) is 5.75 Å². The Morgan fingerprint density at radius 1 is 1.32 bits per heavy atom. The van der Waals surface area contributed by atoms with Crippen molar-refractivity contribution in [2.24, 2.45) is 5.92 Å². The molecule has 0 saturated carbocycles. The molecule has 0 saturated heterocycles. The number of nitrogens with zero attached hydrogens (tertiary/aromatic N) is 2. The highest BCUT2D eigenvalue weighted by Crippen LogP contribution is 2.17. The van der Waals surface area contributed by atoms with Gasteiger partial charge in [0.25, 0.3) is 0 Å². The second kappa shape index (κ2) is 6.91. The summed E-state index contributed by atoms with van der Waals surface area (Å²) in [5.41, 5.74) is 0.713. The first-order valence-corrected chi connectivity index (χ1v) is 8.94. The maximum atomic E-state index is 11.9. The fourth-order valence-corrected chi connectivity index (χ4v) is 2.87. The van der Waals surface area contributed by atoms with Gasteiger partial charge in [-0.25, -0.2) is 8.42 Å². The molecule has 0 aliphatic rings. The predicted molar refractivity (Wildman–Crippen MR) is 84.3 cm³/mol. The summed E-state index contributed by atoms with van der Waals surface area (Å²) in [6.45, 7) is 6.19. The van der Waals surface area contributed by atoms with Crippen LogP contribution in [0.15, 0.2) is 33.7 Å². The van der Waals surface area contributed by atoms with E-state index < -0.39 is 9.84 Å². The molecule has 22 heavy (non-hydrogen) atoms. The molecule has 0 spiro atoms. The molecular formula is C15H21N3O3S. The molecule has 0 amide bonds. The van der Waals surface area contributed by atoms with Crippen molar-refractivity contribution in [2.75, 3.05) is 11.1 Å². The standard InChI is InChI=1S/C15H21N3O3S/c1-4-22(19,20)13-7-5-6-12(9-13)16-10-14-17-15(21-18-14)8-11(2)3/h5-7,9,11,16H,4,8,10H2,1-3H3. The van der Waals surface area contributed by atoms with Crippen molar-refractivity contribution >= 4 is 15.5 Å². The van der Waals surface area contributed by atoms with Crippen molar-refractivity contribution in [3.05, 3.63) is 36.0 Å². The van der Waals surface area contributed by atoms with E-state index in [4.69, 9.17) is 4.52 Å². The first kappa shape index (κ1) is 16.5. The third-order valence-electron chi connectivity index (χ3n) is 3.12. The Morgan fingerprint density at radius 2 is 2.09 bits per heavy atom. The molecule has 2 rings (SSSR count). The maximum Gasteiger partial charge on any atom is 0.226 e. The number of hydrogen-bond donors (Lipinski definition) is 1. The predicted octanol–water partition coefficient (Wildman–Crippen LogP) is 2.67. The van der Waals surface area contributed by atoms with Crippen LogP contribution in [0.2, 0.25) is 0 Å². The zero-order valence-electron chi connectivity index (χ0n) is 13.0. The summed E-state index contributed by atoms with van der Waals surface area (Å²) in [7, 11) is -3.20. The monoisotopic (exact) mass is 323 g/mol. The molecule has 1 aromatic heterocycles. The summed E-state index contributed by atoms with van der Waals surface area (Å²) in [6, 6.07) is 6.74. The number of rotatable bonds is 7. The lowest BCUT2D eigenvalue weighted by atomic mass is 10.1. The van der Waals surface area contributed by atoms with Gasteiger partial charge in [-0.3, -0.25) is 0 Å². The van der Waals surface area contributed by atoms with Crippen LogP contribution in [0.4, 0.5) is 5.69 Å². The highest BCUT2D eigenvalue weighted by Gasteiger charge is 2.12. The lowest BCUT2D eigenvalue weighted by Crippen LogP contribution is -2.06. The van der Waals surface area contributed by atoms with Crippen molar-refractivity contribution in [1.82, 2.24) is 10.1 Å². The van der Waals surface area contributed by atoms with E-state index in [0.717, 1.165) is 6.42 Å². The Labute approximate surface area is 130 Å². The Morgan fingerprint density at radius 3 is 2.77 bits per heavy atom. The zero-order valence-corrected chi connectivity index (χ0v) is 13.9.